The second-order valence-corrected chi connectivity index (χ2v) is 7.22. The van der Waals surface area contributed by atoms with Crippen LogP contribution in [0.2, 0.25) is 0 Å². The Bertz CT molecular complexity index is 371. The van der Waals surface area contributed by atoms with Crippen LogP contribution in [-0.4, -0.2) is 22.3 Å². The third kappa shape index (κ3) is 8.01. The number of imidazole rings is 1. The maximum atomic E-state index is 6.23. The zero-order valence-corrected chi connectivity index (χ0v) is 15.1. The van der Waals surface area contributed by atoms with Crippen molar-refractivity contribution in [3.63, 3.8) is 0 Å². The molecule has 0 aliphatic heterocycles. The van der Waals surface area contributed by atoms with Gasteiger partial charge in [0.05, 0.1) is 12.4 Å². The van der Waals surface area contributed by atoms with Crippen LogP contribution in [0.4, 0.5) is 0 Å². The Morgan fingerprint density at radius 2 is 2.00 bits per heavy atom. The molecule has 0 amide bonds. The summed E-state index contributed by atoms with van der Waals surface area (Å²) in [5.74, 6) is 0.971. The summed E-state index contributed by atoms with van der Waals surface area (Å²) < 4.78 is 8.41. The molecule has 23 heavy (non-hydrogen) atoms. The van der Waals surface area contributed by atoms with Gasteiger partial charge in [-0.2, -0.15) is 0 Å². The van der Waals surface area contributed by atoms with Crippen LogP contribution in [0.3, 0.4) is 0 Å². The molecule has 0 saturated heterocycles. The molecule has 1 fully saturated rings. The highest BCUT2D eigenvalue weighted by molar-refractivity contribution is 4.74. The van der Waals surface area contributed by atoms with E-state index in [0.717, 1.165) is 19.1 Å². The van der Waals surface area contributed by atoms with Gasteiger partial charge in [0.15, 0.2) is 0 Å². The second kappa shape index (κ2) is 11.7. The van der Waals surface area contributed by atoms with Crippen molar-refractivity contribution in [3.8, 4) is 0 Å². The molecule has 0 bridgehead atoms. The number of nitrogens with zero attached hydrogens (tertiary/aromatic N) is 2. The fourth-order valence-corrected chi connectivity index (χ4v) is 3.73. The van der Waals surface area contributed by atoms with Crippen molar-refractivity contribution in [1.82, 2.24) is 9.55 Å². The number of ether oxygens (including phenoxy) is 1. The first-order valence-corrected chi connectivity index (χ1v) is 9.96. The lowest BCUT2D eigenvalue weighted by molar-refractivity contribution is 0.0319. The summed E-state index contributed by atoms with van der Waals surface area (Å²) in [6.07, 6.45) is 22.4. The maximum absolute atomic E-state index is 6.23. The van der Waals surface area contributed by atoms with E-state index < -0.39 is 0 Å². The van der Waals surface area contributed by atoms with Gasteiger partial charge < -0.3 is 9.30 Å². The summed E-state index contributed by atoms with van der Waals surface area (Å²) >= 11 is 0. The van der Waals surface area contributed by atoms with Crippen molar-refractivity contribution in [2.45, 2.75) is 96.6 Å². The van der Waals surface area contributed by atoms with Gasteiger partial charge >= 0.3 is 0 Å². The minimum atomic E-state index is 0.470. The maximum Gasteiger partial charge on any atom is 0.0945 e. The molecule has 3 heteroatoms. The highest BCUT2D eigenvalue weighted by Crippen LogP contribution is 2.28. The quantitative estimate of drug-likeness (QED) is 0.469. The van der Waals surface area contributed by atoms with E-state index in [2.05, 4.69) is 22.7 Å². The fraction of sp³-hybridized carbons (Fsp3) is 0.850. The highest BCUT2D eigenvalue weighted by Gasteiger charge is 2.16. The van der Waals surface area contributed by atoms with Crippen molar-refractivity contribution < 1.29 is 4.74 Å². The molecule has 1 unspecified atom stereocenters. The minimum absolute atomic E-state index is 0.470. The van der Waals surface area contributed by atoms with Gasteiger partial charge in [0.25, 0.3) is 0 Å². The van der Waals surface area contributed by atoms with Crippen LogP contribution in [-0.2, 0) is 11.3 Å². The van der Waals surface area contributed by atoms with Crippen molar-refractivity contribution >= 4 is 0 Å². The summed E-state index contributed by atoms with van der Waals surface area (Å²) in [5.41, 5.74) is 0. The van der Waals surface area contributed by atoms with Gasteiger partial charge in [0, 0.05) is 25.5 Å². The Hall–Kier alpha value is -0.830. The molecule has 1 saturated carbocycles. The first kappa shape index (κ1) is 18.5. The molecule has 1 aromatic heterocycles. The van der Waals surface area contributed by atoms with E-state index in [-0.39, 0.29) is 0 Å². The van der Waals surface area contributed by atoms with Gasteiger partial charge in [0.1, 0.15) is 0 Å². The van der Waals surface area contributed by atoms with E-state index in [9.17, 15) is 0 Å². The Balaban J connectivity index is 1.66. The van der Waals surface area contributed by atoms with Gasteiger partial charge in [-0.15, -0.1) is 0 Å². The molecule has 2 rings (SSSR count). The number of unbranched alkanes of at least 4 members (excludes halogenated alkanes) is 2. The summed E-state index contributed by atoms with van der Waals surface area (Å²) in [4.78, 5) is 4.12. The van der Waals surface area contributed by atoms with Crippen LogP contribution in [0.25, 0.3) is 0 Å². The molecule has 1 aromatic rings. The summed E-state index contributed by atoms with van der Waals surface area (Å²) in [6.45, 7) is 4.28. The van der Waals surface area contributed by atoms with Gasteiger partial charge in [-0.3, -0.25) is 0 Å². The number of aryl methyl sites for hydroxylation is 1. The molecule has 3 nitrogen and oxygen atoms in total. The lowest BCUT2D eigenvalue weighted by Crippen LogP contribution is -2.17. The molecule has 132 valence electrons. The molecule has 0 spiro atoms. The molecule has 1 aliphatic rings. The highest BCUT2D eigenvalue weighted by atomic mass is 16.5. The van der Waals surface area contributed by atoms with Gasteiger partial charge in [-0.1, -0.05) is 51.9 Å². The number of hydrogen-bond acceptors (Lipinski definition) is 2. The Labute approximate surface area is 142 Å². The Kier molecular flexibility index (Phi) is 9.39. The number of hydrogen-bond donors (Lipinski definition) is 0. The van der Waals surface area contributed by atoms with E-state index >= 15 is 0 Å². The molecule has 0 radical (unpaired) electrons. The standard InChI is InChI=1S/C20H36N2O/c1-2-3-7-17-23-20(11-8-15-22-16-14-21-18-22)13-12-19-9-5-4-6-10-19/h14,16,18-20H,2-13,15,17H2,1H3. The largest absolute Gasteiger partial charge is 0.378 e. The van der Waals surface area contributed by atoms with E-state index in [0.29, 0.717) is 6.10 Å². The second-order valence-electron chi connectivity index (χ2n) is 7.22. The normalized spacial score (nSPS) is 17.4. The van der Waals surface area contributed by atoms with Gasteiger partial charge in [-0.05, 0) is 38.0 Å². The molecule has 1 atom stereocenters. The number of rotatable bonds is 12. The van der Waals surface area contributed by atoms with Crippen LogP contribution in [0, 0.1) is 5.92 Å². The zero-order valence-electron chi connectivity index (χ0n) is 15.1. The summed E-state index contributed by atoms with van der Waals surface area (Å²) in [7, 11) is 0. The van der Waals surface area contributed by atoms with Crippen LogP contribution in [0.1, 0.15) is 84.0 Å². The van der Waals surface area contributed by atoms with Crippen LogP contribution in [0.15, 0.2) is 18.7 Å². The first-order chi connectivity index (χ1) is 11.4. The van der Waals surface area contributed by atoms with Crippen molar-refractivity contribution in [2.75, 3.05) is 6.61 Å². The fourth-order valence-electron chi connectivity index (χ4n) is 3.73. The predicted octanol–water partition coefficient (Wildman–Crippen LogP) is 5.60. The lowest BCUT2D eigenvalue weighted by Gasteiger charge is -2.24. The molecule has 0 aromatic carbocycles. The SMILES string of the molecule is CCCCCOC(CCCn1ccnc1)CCC1CCCCC1. The average molecular weight is 321 g/mol. The van der Waals surface area contributed by atoms with E-state index in [1.165, 1.54) is 77.0 Å². The van der Waals surface area contributed by atoms with Crippen molar-refractivity contribution in [3.05, 3.63) is 18.7 Å². The summed E-state index contributed by atoms with van der Waals surface area (Å²) in [5, 5.41) is 0. The van der Waals surface area contributed by atoms with Crippen LogP contribution in [0.5, 0.6) is 0 Å². The van der Waals surface area contributed by atoms with E-state index in [1.807, 2.05) is 12.5 Å². The monoisotopic (exact) mass is 320 g/mol. The van der Waals surface area contributed by atoms with E-state index in [4.69, 9.17) is 4.74 Å². The van der Waals surface area contributed by atoms with Crippen LogP contribution >= 0.6 is 0 Å². The molecule has 0 N–H and O–H groups in total. The third-order valence-electron chi connectivity index (χ3n) is 5.22. The summed E-state index contributed by atoms with van der Waals surface area (Å²) in [6, 6.07) is 0. The first-order valence-electron chi connectivity index (χ1n) is 9.96. The van der Waals surface area contributed by atoms with Crippen LogP contribution < -0.4 is 0 Å². The third-order valence-corrected chi connectivity index (χ3v) is 5.22. The van der Waals surface area contributed by atoms with E-state index in [1.54, 1.807) is 0 Å². The van der Waals surface area contributed by atoms with Crippen molar-refractivity contribution in [2.24, 2.45) is 5.92 Å². The minimum Gasteiger partial charge on any atom is -0.378 e. The average Bonchev–Trinajstić information content (AvgIpc) is 3.10. The Morgan fingerprint density at radius 1 is 1.13 bits per heavy atom. The topological polar surface area (TPSA) is 27.1 Å². The number of aromatic nitrogens is 2. The zero-order chi connectivity index (χ0) is 16.2. The molecule has 1 heterocycles. The molecule has 1 aliphatic carbocycles. The molecular weight excluding hydrogens is 284 g/mol. The lowest BCUT2D eigenvalue weighted by atomic mass is 9.85. The Morgan fingerprint density at radius 3 is 2.74 bits per heavy atom. The van der Waals surface area contributed by atoms with Gasteiger partial charge in [-0.25, -0.2) is 4.98 Å². The van der Waals surface area contributed by atoms with Crippen molar-refractivity contribution in [1.29, 1.82) is 0 Å². The molecular formula is C20H36N2O. The van der Waals surface area contributed by atoms with Gasteiger partial charge in [0.2, 0.25) is 0 Å². The predicted molar refractivity (Wildman–Crippen MR) is 96.5 cm³/mol. The smallest absolute Gasteiger partial charge is 0.0945 e.